The van der Waals surface area contributed by atoms with E-state index in [2.05, 4.69) is 178 Å². The third-order valence-electron chi connectivity index (χ3n) is 11.7. The summed E-state index contributed by atoms with van der Waals surface area (Å²) in [7, 11) is 0. The molecule has 0 N–H and O–H groups in total. The number of allylic oxidation sites excluding steroid dienone is 4. The van der Waals surface area contributed by atoms with E-state index in [0.29, 0.717) is 0 Å². The normalized spacial score (nSPS) is 24.3. The highest BCUT2D eigenvalue weighted by Crippen LogP contribution is 2.70. The van der Waals surface area contributed by atoms with Crippen LogP contribution < -0.4 is 0 Å². The molecule has 0 saturated heterocycles. The molecule has 236 valence electrons. The van der Waals surface area contributed by atoms with Crippen LogP contribution >= 0.6 is 0 Å². The van der Waals surface area contributed by atoms with Crippen molar-refractivity contribution in [2.45, 2.75) is 103 Å². The second-order valence-corrected chi connectivity index (χ2v) is 17.8. The Morgan fingerprint density at radius 2 is 1.04 bits per heavy atom. The second kappa shape index (κ2) is 10.2. The molecule has 4 aromatic carbocycles. The van der Waals surface area contributed by atoms with Gasteiger partial charge in [0, 0.05) is 22.7 Å². The Hall–Kier alpha value is -3.64. The largest absolute Gasteiger partial charge is 0.0726 e. The van der Waals surface area contributed by atoms with E-state index in [-0.39, 0.29) is 38.9 Å². The number of fused-ring (bicyclic) bond motifs is 4. The highest BCUT2D eigenvalue weighted by atomic mass is 14.6. The number of hydrogen-bond acceptors (Lipinski definition) is 0. The van der Waals surface area contributed by atoms with E-state index in [0.717, 1.165) is 6.42 Å². The summed E-state index contributed by atoms with van der Waals surface area (Å²) < 4.78 is 0. The predicted octanol–water partition coefficient (Wildman–Crippen LogP) is 12.2. The van der Waals surface area contributed by atoms with Gasteiger partial charge in [0.2, 0.25) is 0 Å². The van der Waals surface area contributed by atoms with Gasteiger partial charge in [0.25, 0.3) is 0 Å². The van der Waals surface area contributed by atoms with Crippen molar-refractivity contribution < 1.29 is 0 Å². The monoisotopic (exact) mass is 604 g/mol. The summed E-state index contributed by atoms with van der Waals surface area (Å²) in [5, 5.41) is 0. The Morgan fingerprint density at radius 1 is 0.565 bits per heavy atom. The molecule has 46 heavy (non-hydrogen) atoms. The summed E-state index contributed by atoms with van der Waals surface area (Å²) in [5.74, 6) is 0.508. The van der Waals surface area contributed by atoms with Crippen LogP contribution in [0, 0.1) is 11.3 Å². The SMILES string of the molecule is CC(C)(C)C1=CC2C(=C1)C(C)(c1ccccc1)CC2(c1ccccc1)C1c2cc(C(C)(C)C)ccc2-c2ccc(C(C)(C)C)cc21. The first-order valence-corrected chi connectivity index (χ1v) is 17.4. The highest BCUT2D eigenvalue weighted by Gasteiger charge is 2.62. The summed E-state index contributed by atoms with van der Waals surface area (Å²) in [6.07, 6.45) is 6.35. The summed E-state index contributed by atoms with van der Waals surface area (Å²) in [6.45, 7) is 23.8. The van der Waals surface area contributed by atoms with Crippen molar-refractivity contribution in [3.8, 4) is 11.1 Å². The lowest BCUT2D eigenvalue weighted by Crippen LogP contribution is -2.38. The fourth-order valence-electron chi connectivity index (χ4n) is 9.07. The first kappa shape index (κ1) is 31.0. The summed E-state index contributed by atoms with van der Waals surface area (Å²) in [4.78, 5) is 0. The molecule has 0 aliphatic heterocycles. The molecule has 7 rings (SSSR count). The van der Waals surface area contributed by atoms with Crippen LogP contribution in [0.5, 0.6) is 0 Å². The van der Waals surface area contributed by atoms with Gasteiger partial charge in [-0.25, -0.2) is 0 Å². The Balaban J connectivity index is 1.60. The van der Waals surface area contributed by atoms with Gasteiger partial charge < -0.3 is 0 Å². The fraction of sp³-hybridized carbons (Fsp3) is 0.391. The van der Waals surface area contributed by atoms with Gasteiger partial charge in [-0.3, -0.25) is 0 Å². The van der Waals surface area contributed by atoms with Crippen LogP contribution in [0.3, 0.4) is 0 Å². The van der Waals surface area contributed by atoms with Crippen molar-refractivity contribution in [2.75, 3.05) is 0 Å². The third-order valence-corrected chi connectivity index (χ3v) is 11.7. The zero-order chi connectivity index (χ0) is 32.9. The standard InChI is InChI=1S/C46H52/c1-42(2,3)32-21-23-35-36-24-22-33(43(4,5)6)26-38(36)41(37(35)25-32)46(31-19-15-12-16-20-31)29-45(10,30-17-13-11-14-18-30)39-27-34(28-40(39)46)44(7,8)9/h11-28,40-41H,29H2,1-10H3. The van der Waals surface area contributed by atoms with Crippen LogP contribution in [0.15, 0.2) is 120 Å². The minimum absolute atomic E-state index is 0.0663. The topological polar surface area (TPSA) is 0 Å². The van der Waals surface area contributed by atoms with Gasteiger partial charge in [0.15, 0.2) is 0 Å². The van der Waals surface area contributed by atoms with E-state index in [1.165, 1.54) is 50.1 Å². The molecule has 0 spiro atoms. The summed E-state index contributed by atoms with van der Waals surface area (Å²) in [5.41, 5.74) is 14.6. The van der Waals surface area contributed by atoms with Crippen molar-refractivity contribution in [1.82, 2.24) is 0 Å². The van der Waals surface area contributed by atoms with Crippen molar-refractivity contribution >= 4 is 0 Å². The smallest absolute Gasteiger partial charge is 0.0208 e. The van der Waals surface area contributed by atoms with Crippen LogP contribution in [-0.4, -0.2) is 0 Å². The van der Waals surface area contributed by atoms with E-state index >= 15 is 0 Å². The second-order valence-electron chi connectivity index (χ2n) is 17.8. The molecule has 1 saturated carbocycles. The molecule has 3 aliphatic rings. The minimum Gasteiger partial charge on any atom is -0.0726 e. The highest BCUT2D eigenvalue weighted by molar-refractivity contribution is 5.82. The predicted molar refractivity (Wildman–Crippen MR) is 197 cm³/mol. The average Bonchev–Trinajstić information content (AvgIpc) is 3.67. The molecular formula is C46H52. The van der Waals surface area contributed by atoms with Gasteiger partial charge in [0.1, 0.15) is 0 Å². The van der Waals surface area contributed by atoms with Crippen LogP contribution in [0.2, 0.25) is 0 Å². The number of hydrogen-bond donors (Lipinski definition) is 0. The Bertz CT molecular complexity index is 1800. The molecule has 0 aromatic heterocycles. The average molecular weight is 605 g/mol. The summed E-state index contributed by atoms with van der Waals surface area (Å²) >= 11 is 0. The fourth-order valence-corrected chi connectivity index (χ4v) is 9.07. The molecule has 0 heterocycles. The Labute approximate surface area is 278 Å². The molecule has 0 amide bonds. The van der Waals surface area contributed by atoms with Gasteiger partial charge in [-0.05, 0) is 72.7 Å². The van der Waals surface area contributed by atoms with E-state index in [4.69, 9.17) is 0 Å². The van der Waals surface area contributed by atoms with Gasteiger partial charge in [-0.2, -0.15) is 0 Å². The molecule has 4 aromatic rings. The molecule has 0 radical (unpaired) electrons. The molecule has 3 atom stereocenters. The zero-order valence-electron chi connectivity index (χ0n) is 29.8. The van der Waals surface area contributed by atoms with Gasteiger partial charge in [-0.1, -0.05) is 184 Å². The molecule has 1 fully saturated rings. The maximum Gasteiger partial charge on any atom is 0.0208 e. The van der Waals surface area contributed by atoms with Crippen molar-refractivity contribution in [3.05, 3.63) is 154 Å². The summed E-state index contributed by atoms with van der Waals surface area (Å²) in [6, 6.07) is 37.8. The van der Waals surface area contributed by atoms with Crippen LogP contribution in [-0.2, 0) is 21.7 Å². The first-order chi connectivity index (χ1) is 21.5. The third kappa shape index (κ3) is 4.62. The van der Waals surface area contributed by atoms with E-state index in [9.17, 15) is 0 Å². The molecule has 3 unspecified atom stereocenters. The van der Waals surface area contributed by atoms with E-state index < -0.39 is 0 Å². The molecule has 3 aliphatic carbocycles. The van der Waals surface area contributed by atoms with Crippen LogP contribution in [0.25, 0.3) is 11.1 Å². The molecule has 0 heteroatoms. The van der Waals surface area contributed by atoms with Gasteiger partial charge >= 0.3 is 0 Å². The number of rotatable bonds is 3. The quantitative estimate of drug-likeness (QED) is 0.218. The molecule has 0 bridgehead atoms. The van der Waals surface area contributed by atoms with Crippen molar-refractivity contribution in [3.63, 3.8) is 0 Å². The van der Waals surface area contributed by atoms with Crippen LogP contribution in [0.1, 0.15) is 115 Å². The lowest BCUT2D eigenvalue weighted by molar-refractivity contribution is 0.319. The lowest BCUT2D eigenvalue weighted by Gasteiger charge is -2.43. The van der Waals surface area contributed by atoms with E-state index in [1.54, 1.807) is 5.57 Å². The first-order valence-electron chi connectivity index (χ1n) is 17.4. The lowest BCUT2D eigenvalue weighted by atomic mass is 9.59. The van der Waals surface area contributed by atoms with Gasteiger partial charge in [0.05, 0.1) is 0 Å². The minimum atomic E-state index is -0.169. The molecule has 0 nitrogen and oxygen atoms in total. The Kier molecular flexibility index (Phi) is 6.86. The van der Waals surface area contributed by atoms with E-state index in [1.807, 2.05) is 0 Å². The van der Waals surface area contributed by atoms with Crippen molar-refractivity contribution in [2.24, 2.45) is 11.3 Å². The molecular weight excluding hydrogens is 553 g/mol. The Morgan fingerprint density at radius 3 is 1.50 bits per heavy atom. The maximum absolute atomic E-state index is 2.69. The number of benzene rings is 4. The van der Waals surface area contributed by atoms with Gasteiger partial charge in [-0.15, -0.1) is 0 Å². The van der Waals surface area contributed by atoms with Crippen LogP contribution in [0.4, 0.5) is 0 Å². The zero-order valence-corrected chi connectivity index (χ0v) is 29.8. The van der Waals surface area contributed by atoms with Crippen molar-refractivity contribution in [1.29, 1.82) is 0 Å². The maximum atomic E-state index is 2.69.